The summed E-state index contributed by atoms with van der Waals surface area (Å²) in [6.45, 7) is 2.77. The monoisotopic (exact) mass is 619 g/mol. The Hall–Kier alpha value is -3.14. The molecule has 1 atom stereocenters. The highest BCUT2D eigenvalue weighted by Crippen LogP contribution is 2.30. The molecule has 0 aromatic heterocycles. The van der Waals surface area contributed by atoms with Gasteiger partial charge in [-0.25, -0.2) is 12.8 Å². The third kappa shape index (κ3) is 7.78. The largest absolute Gasteiger partial charge is 0.352 e. The van der Waals surface area contributed by atoms with Crippen LogP contribution in [0.4, 0.5) is 10.1 Å². The van der Waals surface area contributed by atoms with Gasteiger partial charge in [0.25, 0.3) is 10.0 Å². The summed E-state index contributed by atoms with van der Waals surface area (Å²) in [4.78, 5) is 28.5. The first-order valence-electron chi connectivity index (χ1n) is 13.3. The molecule has 11 heteroatoms. The van der Waals surface area contributed by atoms with Crippen molar-refractivity contribution >= 4 is 50.7 Å². The van der Waals surface area contributed by atoms with Crippen LogP contribution in [0.15, 0.2) is 71.6 Å². The van der Waals surface area contributed by atoms with Crippen LogP contribution in [0.5, 0.6) is 0 Å². The Kier molecular flexibility index (Phi) is 9.94. The third-order valence-electron chi connectivity index (χ3n) is 7.16. The van der Waals surface area contributed by atoms with Crippen LogP contribution >= 0.6 is 23.2 Å². The van der Waals surface area contributed by atoms with Crippen molar-refractivity contribution in [1.29, 1.82) is 0 Å². The number of sulfonamides is 1. The maximum absolute atomic E-state index is 14.0. The maximum atomic E-state index is 14.0. The number of hydrogen-bond acceptors (Lipinski definition) is 4. The fourth-order valence-electron chi connectivity index (χ4n) is 4.81. The third-order valence-corrected chi connectivity index (χ3v) is 9.38. The molecule has 218 valence electrons. The molecule has 0 radical (unpaired) electrons. The zero-order valence-electron chi connectivity index (χ0n) is 22.8. The summed E-state index contributed by atoms with van der Waals surface area (Å²) in [6, 6.07) is 15.2. The highest BCUT2D eigenvalue weighted by molar-refractivity contribution is 7.92. The van der Waals surface area contributed by atoms with Crippen LogP contribution in [0, 0.1) is 12.7 Å². The quantitative estimate of drug-likeness (QED) is 0.296. The van der Waals surface area contributed by atoms with Gasteiger partial charge in [0.15, 0.2) is 0 Å². The van der Waals surface area contributed by atoms with Gasteiger partial charge in [0.1, 0.15) is 18.4 Å². The standard InChI is InChI=1S/C30H32Cl2FN3O4S/c1-20-7-13-28(14-8-20)41(39,40)36(27-16-23(31)15-24(32)17-27)19-29(37)35(18-22-9-11-25(33)12-10-22)21(2)30(38)34-26-5-3-4-6-26/h7-17,21,26H,3-6,18-19H2,1-2H3,(H,34,38)/t21-/m0/s1. The number of rotatable bonds is 10. The Balaban J connectivity index is 1.70. The van der Waals surface area contributed by atoms with Crippen molar-refractivity contribution in [3.63, 3.8) is 0 Å². The molecule has 0 heterocycles. The van der Waals surface area contributed by atoms with Crippen molar-refractivity contribution in [2.75, 3.05) is 10.8 Å². The summed E-state index contributed by atoms with van der Waals surface area (Å²) in [5, 5.41) is 3.39. The Morgan fingerprint density at radius 3 is 2.15 bits per heavy atom. The second kappa shape index (κ2) is 13.2. The summed E-state index contributed by atoms with van der Waals surface area (Å²) in [5.41, 5.74) is 1.55. The molecule has 1 saturated carbocycles. The lowest BCUT2D eigenvalue weighted by atomic mass is 10.1. The first-order chi connectivity index (χ1) is 19.4. The number of carbonyl (C=O) groups is 2. The van der Waals surface area contributed by atoms with Crippen molar-refractivity contribution in [1.82, 2.24) is 10.2 Å². The molecule has 7 nitrogen and oxygen atoms in total. The first-order valence-corrected chi connectivity index (χ1v) is 15.5. The van der Waals surface area contributed by atoms with Crippen molar-refractivity contribution in [2.24, 2.45) is 0 Å². The molecule has 0 aliphatic heterocycles. The normalized spacial score (nSPS) is 14.5. The molecule has 0 spiro atoms. The van der Waals surface area contributed by atoms with E-state index in [1.165, 1.54) is 59.5 Å². The predicted molar refractivity (Wildman–Crippen MR) is 159 cm³/mol. The molecule has 4 rings (SSSR count). The van der Waals surface area contributed by atoms with Crippen molar-refractivity contribution in [3.8, 4) is 0 Å². The highest BCUT2D eigenvalue weighted by atomic mass is 35.5. The van der Waals surface area contributed by atoms with Gasteiger partial charge in [0.2, 0.25) is 11.8 Å². The Labute approximate surface area is 250 Å². The molecule has 3 aromatic rings. The molecule has 41 heavy (non-hydrogen) atoms. The average molecular weight is 621 g/mol. The predicted octanol–water partition coefficient (Wildman–Crippen LogP) is 6.11. The summed E-state index contributed by atoms with van der Waals surface area (Å²) in [6.07, 6.45) is 3.77. The van der Waals surface area contributed by atoms with E-state index in [0.717, 1.165) is 35.6 Å². The van der Waals surface area contributed by atoms with Crippen LogP contribution in [0.2, 0.25) is 10.0 Å². The van der Waals surface area contributed by atoms with E-state index in [1.54, 1.807) is 19.1 Å². The fraction of sp³-hybridized carbons (Fsp3) is 0.333. The number of carbonyl (C=O) groups excluding carboxylic acids is 2. The van der Waals surface area contributed by atoms with Gasteiger partial charge < -0.3 is 10.2 Å². The number of nitrogens with one attached hydrogen (secondary N) is 1. The number of hydrogen-bond donors (Lipinski definition) is 1. The van der Waals surface area contributed by atoms with Gasteiger partial charge in [-0.2, -0.15) is 0 Å². The first kappa shape index (κ1) is 30.8. The van der Waals surface area contributed by atoms with Crippen LogP contribution in [-0.4, -0.2) is 43.8 Å². The number of amides is 2. The average Bonchev–Trinajstić information content (AvgIpc) is 3.43. The smallest absolute Gasteiger partial charge is 0.264 e. The summed E-state index contributed by atoms with van der Waals surface area (Å²) >= 11 is 12.4. The van der Waals surface area contributed by atoms with Gasteiger partial charge >= 0.3 is 0 Å². The molecule has 0 bridgehead atoms. The molecule has 3 aromatic carbocycles. The maximum Gasteiger partial charge on any atom is 0.264 e. The fourth-order valence-corrected chi connectivity index (χ4v) is 6.72. The van der Waals surface area contributed by atoms with E-state index in [4.69, 9.17) is 23.2 Å². The topological polar surface area (TPSA) is 86.8 Å². The van der Waals surface area contributed by atoms with Crippen molar-refractivity contribution in [2.45, 2.75) is 63.1 Å². The molecule has 1 N–H and O–H groups in total. The molecule has 2 amide bonds. The SMILES string of the molecule is Cc1ccc(S(=O)(=O)N(CC(=O)N(Cc2ccc(F)cc2)[C@@H](C)C(=O)NC2CCCC2)c2cc(Cl)cc(Cl)c2)cc1. The molecular formula is C30H32Cl2FN3O4S. The molecule has 0 saturated heterocycles. The van der Waals surface area contributed by atoms with E-state index in [1.807, 2.05) is 6.92 Å². The van der Waals surface area contributed by atoms with Crippen molar-refractivity contribution < 1.29 is 22.4 Å². The number of halogens is 3. The van der Waals surface area contributed by atoms with Crippen LogP contribution in [-0.2, 0) is 26.2 Å². The van der Waals surface area contributed by atoms with E-state index < -0.39 is 34.3 Å². The minimum absolute atomic E-state index is 0.0240. The van der Waals surface area contributed by atoms with Gasteiger partial charge in [0.05, 0.1) is 10.6 Å². The zero-order valence-corrected chi connectivity index (χ0v) is 25.1. The van der Waals surface area contributed by atoms with E-state index in [9.17, 15) is 22.4 Å². The lowest BCUT2D eigenvalue weighted by molar-refractivity contribution is -0.139. The zero-order chi connectivity index (χ0) is 29.7. The number of anilines is 1. The van der Waals surface area contributed by atoms with Gasteiger partial charge in [-0.3, -0.25) is 13.9 Å². The molecule has 0 unspecified atom stereocenters. The summed E-state index contributed by atoms with van der Waals surface area (Å²) in [7, 11) is -4.26. The number of aryl methyl sites for hydroxylation is 1. The van der Waals surface area contributed by atoms with Crippen LogP contribution in [0.1, 0.15) is 43.7 Å². The molecular weight excluding hydrogens is 588 g/mol. The minimum atomic E-state index is -4.26. The molecule has 1 aliphatic carbocycles. The van der Waals surface area contributed by atoms with Crippen LogP contribution in [0.25, 0.3) is 0 Å². The number of nitrogens with zero attached hydrogens (tertiary/aromatic N) is 2. The Morgan fingerprint density at radius 2 is 1.56 bits per heavy atom. The van der Waals surface area contributed by atoms with E-state index in [2.05, 4.69) is 5.32 Å². The Bertz CT molecular complexity index is 1470. The van der Waals surface area contributed by atoms with Gasteiger partial charge in [0, 0.05) is 22.6 Å². The van der Waals surface area contributed by atoms with Crippen LogP contribution in [0.3, 0.4) is 0 Å². The van der Waals surface area contributed by atoms with Gasteiger partial charge in [-0.15, -0.1) is 0 Å². The molecule has 1 fully saturated rings. The van der Waals surface area contributed by atoms with E-state index in [-0.39, 0.29) is 39.1 Å². The van der Waals surface area contributed by atoms with Crippen molar-refractivity contribution in [3.05, 3.63) is 93.7 Å². The lowest BCUT2D eigenvalue weighted by Crippen LogP contribution is -2.52. The van der Waals surface area contributed by atoms with E-state index >= 15 is 0 Å². The van der Waals surface area contributed by atoms with Gasteiger partial charge in [-0.05, 0) is 74.7 Å². The highest BCUT2D eigenvalue weighted by Gasteiger charge is 2.33. The Morgan fingerprint density at radius 1 is 0.976 bits per heavy atom. The van der Waals surface area contributed by atoms with Gasteiger partial charge in [-0.1, -0.05) is 65.9 Å². The lowest BCUT2D eigenvalue weighted by Gasteiger charge is -2.32. The number of benzene rings is 3. The second-order valence-corrected chi connectivity index (χ2v) is 13.0. The summed E-state index contributed by atoms with van der Waals surface area (Å²) in [5.74, 6) is -1.41. The second-order valence-electron chi connectivity index (χ2n) is 10.3. The molecule has 1 aliphatic rings. The van der Waals surface area contributed by atoms with Crippen LogP contribution < -0.4 is 9.62 Å². The summed E-state index contributed by atoms with van der Waals surface area (Å²) < 4.78 is 42.3. The minimum Gasteiger partial charge on any atom is -0.352 e. The van der Waals surface area contributed by atoms with E-state index in [0.29, 0.717) is 5.56 Å².